The molecule has 1 N–H and O–H groups in total. The number of rotatable bonds is 5. The molecule has 134 valence electrons. The SMILES string of the molecule is CN(Cc1n[nH]c2c1CCC2)C(=O)[C@@H]1CCCN(Cc2ccco2)C1. The van der Waals surface area contributed by atoms with Crippen molar-refractivity contribution in [2.24, 2.45) is 5.92 Å². The summed E-state index contributed by atoms with van der Waals surface area (Å²) in [5.74, 6) is 1.27. The van der Waals surface area contributed by atoms with Crippen molar-refractivity contribution < 1.29 is 9.21 Å². The van der Waals surface area contributed by atoms with Gasteiger partial charge in [-0.15, -0.1) is 0 Å². The van der Waals surface area contributed by atoms with E-state index in [1.54, 1.807) is 6.26 Å². The molecule has 1 fully saturated rings. The van der Waals surface area contributed by atoms with Gasteiger partial charge in [-0.2, -0.15) is 5.10 Å². The van der Waals surface area contributed by atoms with Crippen LogP contribution in [0.15, 0.2) is 22.8 Å². The molecule has 0 bridgehead atoms. The summed E-state index contributed by atoms with van der Waals surface area (Å²) in [6.07, 6.45) is 7.10. The van der Waals surface area contributed by atoms with Gasteiger partial charge in [0.05, 0.1) is 31.0 Å². The third-order valence-electron chi connectivity index (χ3n) is 5.47. The molecule has 0 aromatic carbocycles. The number of aryl methyl sites for hydroxylation is 1. The number of carbonyl (C=O) groups excluding carboxylic acids is 1. The summed E-state index contributed by atoms with van der Waals surface area (Å²) in [6, 6.07) is 3.91. The second kappa shape index (κ2) is 7.04. The van der Waals surface area contributed by atoms with Gasteiger partial charge < -0.3 is 9.32 Å². The van der Waals surface area contributed by atoms with Crippen LogP contribution in [0.25, 0.3) is 0 Å². The van der Waals surface area contributed by atoms with Crippen molar-refractivity contribution in [1.82, 2.24) is 20.0 Å². The first-order chi connectivity index (χ1) is 12.2. The summed E-state index contributed by atoms with van der Waals surface area (Å²) in [4.78, 5) is 17.1. The van der Waals surface area contributed by atoms with Gasteiger partial charge in [0.2, 0.25) is 5.91 Å². The fraction of sp³-hybridized carbons (Fsp3) is 0.579. The van der Waals surface area contributed by atoms with Crippen LogP contribution in [0.1, 0.15) is 42.0 Å². The Morgan fingerprint density at radius 3 is 3.20 bits per heavy atom. The molecular formula is C19H26N4O2. The molecule has 2 aromatic rings. The van der Waals surface area contributed by atoms with Gasteiger partial charge in [0.15, 0.2) is 0 Å². The normalized spacial score (nSPS) is 20.6. The van der Waals surface area contributed by atoms with Gasteiger partial charge in [-0.1, -0.05) is 0 Å². The van der Waals surface area contributed by atoms with Crippen LogP contribution >= 0.6 is 0 Å². The minimum absolute atomic E-state index is 0.0701. The van der Waals surface area contributed by atoms with E-state index in [9.17, 15) is 4.79 Å². The lowest BCUT2D eigenvalue weighted by Gasteiger charge is -2.33. The van der Waals surface area contributed by atoms with Gasteiger partial charge in [0.25, 0.3) is 0 Å². The fourth-order valence-corrected chi connectivity index (χ4v) is 4.16. The smallest absolute Gasteiger partial charge is 0.227 e. The minimum Gasteiger partial charge on any atom is -0.468 e. The lowest BCUT2D eigenvalue weighted by molar-refractivity contribution is -0.136. The number of furan rings is 1. The van der Waals surface area contributed by atoms with Gasteiger partial charge in [-0.05, 0) is 56.3 Å². The Morgan fingerprint density at radius 2 is 2.36 bits per heavy atom. The van der Waals surface area contributed by atoms with E-state index in [0.717, 1.165) is 56.8 Å². The predicted octanol–water partition coefficient (Wildman–Crippen LogP) is 2.36. The monoisotopic (exact) mass is 342 g/mol. The molecule has 25 heavy (non-hydrogen) atoms. The Hall–Kier alpha value is -2.08. The van der Waals surface area contributed by atoms with Crippen LogP contribution in [-0.4, -0.2) is 46.0 Å². The number of amides is 1. The molecule has 0 spiro atoms. The Kier molecular flexibility index (Phi) is 4.61. The van der Waals surface area contributed by atoms with Crippen LogP contribution in [-0.2, 0) is 30.7 Å². The molecule has 4 rings (SSSR count). The summed E-state index contributed by atoms with van der Waals surface area (Å²) in [5.41, 5.74) is 3.65. The van der Waals surface area contributed by atoms with E-state index in [2.05, 4.69) is 15.1 Å². The lowest BCUT2D eigenvalue weighted by atomic mass is 9.96. The number of nitrogens with one attached hydrogen (secondary N) is 1. The second-order valence-corrected chi connectivity index (χ2v) is 7.33. The maximum atomic E-state index is 12.9. The van der Waals surface area contributed by atoms with E-state index in [0.29, 0.717) is 6.54 Å². The third-order valence-corrected chi connectivity index (χ3v) is 5.47. The van der Waals surface area contributed by atoms with E-state index in [1.165, 1.54) is 17.7 Å². The van der Waals surface area contributed by atoms with Crippen LogP contribution in [0, 0.1) is 5.92 Å². The molecular weight excluding hydrogens is 316 g/mol. The molecule has 0 saturated carbocycles. The van der Waals surface area contributed by atoms with Gasteiger partial charge in [0.1, 0.15) is 5.76 Å². The predicted molar refractivity (Wildman–Crippen MR) is 93.8 cm³/mol. The van der Waals surface area contributed by atoms with Gasteiger partial charge >= 0.3 is 0 Å². The number of likely N-dealkylation sites (tertiary alicyclic amines) is 1. The zero-order valence-corrected chi connectivity index (χ0v) is 14.8. The summed E-state index contributed by atoms with van der Waals surface area (Å²) in [7, 11) is 1.91. The highest BCUT2D eigenvalue weighted by Gasteiger charge is 2.29. The number of nitrogens with zero attached hydrogens (tertiary/aromatic N) is 3. The highest BCUT2D eigenvalue weighted by molar-refractivity contribution is 5.79. The highest BCUT2D eigenvalue weighted by Crippen LogP contribution is 2.25. The fourth-order valence-electron chi connectivity index (χ4n) is 4.16. The summed E-state index contributed by atoms with van der Waals surface area (Å²) >= 11 is 0. The van der Waals surface area contributed by atoms with E-state index in [-0.39, 0.29) is 11.8 Å². The molecule has 1 atom stereocenters. The molecule has 3 heterocycles. The van der Waals surface area contributed by atoms with Gasteiger partial charge in [-0.3, -0.25) is 14.8 Å². The van der Waals surface area contributed by atoms with E-state index >= 15 is 0 Å². The second-order valence-electron chi connectivity index (χ2n) is 7.33. The van der Waals surface area contributed by atoms with Crippen molar-refractivity contribution in [1.29, 1.82) is 0 Å². The standard InChI is InChI=1S/C19H26N4O2/c1-22(13-18-16-7-2-8-17(16)20-21-18)19(24)14-5-3-9-23(11-14)12-15-6-4-10-25-15/h4,6,10,14H,2-3,5,7-9,11-13H2,1H3,(H,20,21)/t14-/m1/s1. The van der Waals surface area contributed by atoms with Crippen molar-refractivity contribution in [3.63, 3.8) is 0 Å². The van der Waals surface area contributed by atoms with E-state index in [4.69, 9.17) is 4.42 Å². The number of fused-ring (bicyclic) bond motifs is 1. The van der Waals surface area contributed by atoms with Crippen LogP contribution in [0.5, 0.6) is 0 Å². The van der Waals surface area contributed by atoms with Crippen molar-refractivity contribution in [3.05, 3.63) is 41.1 Å². The van der Waals surface area contributed by atoms with Gasteiger partial charge in [-0.25, -0.2) is 0 Å². The number of hydrogen-bond acceptors (Lipinski definition) is 4. The average molecular weight is 342 g/mol. The number of aromatic nitrogens is 2. The van der Waals surface area contributed by atoms with Crippen molar-refractivity contribution in [2.45, 2.75) is 45.2 Å². The molecule has 1 saturated heterocycles. The first-order valence-electron chi connectivity index (χ1n) is 9.25. The highest BCUT2D eigenvalue weighted by atomic mass is 16.3. The molecule has 1 amide bonds. The number of piperidine rings is 1. The molecule has 2 aliphatic rings. The number of H-pyrrole nitrogens is 1. The Labute approximate surface area is 148 Å². The van der Waals surface area contributed by atoms with E-state index in [1.807, 2.05) is 24.1 Å². The lowest BCUT2D eigenvalue weighted by Crippen LogP contribution is -2.43. The molecule has 1 aliphatic heterocycles. The maximum Gasteiger partial charge on any atom is 0.227 e. The molecule has 1 aliphatic carbocycles. The van der Waals surface area contributed by atoms with Gasteiger partial charge in [0, 0.05) is 19.3 Å². The third kappa shape index (κ3) is 3.49. The zero-order valence-electron chi connectivity index (χ0n) is 14.8. The van der Waals surface area contributed by atoms with E-state index < -0.39 is 0 Å². The first-order valence-corrected chi connectivity index (χ1v) is 9.25. The minimum atomic E-state index is 0.0701. The molecule has 2 aromatic heterocycles. The maximum absolute atomic E-state index is 12.9. The van der Waals surface area contributed by atoms with Crippen molar-refractivity contribution >= 4 is 5.91 Å². The summed E-state index contributed by atoms with van der Waals surface area (Å²) < 4.78 is 5.44. The Balaban J connectivity index is 1.36. The largest absolute Gasteiger partial charge is 0.468 e. The summed E-state index contributed by atoms with van der Waals surface area (Å²) in [6.45, 7) is 3.23. The van der Waals surface area contributed by atoms with Crippen LogP contribution < -0.4 is 0 Å². The Bertz CT molecular complexity index is 722. The van der Waals surface area contributed by atoms with Crippen LogP contribution in [0.3, 0.4) is 0 Å². The molecule has 6 heteroatoms. The molecule has 0 radical (unpaired) electrons. The molecule has 6 nitrogen and oxygen atoms in total. The number of hydrogen-bond donors (Lipinski definition) is 1. The van der Waals surface area contributed by atoms with Crippen molar-refractivity contribution in [3.8, 4) is 0 Å². The first kappa shape index (κ1) is 16.4. The Morgan fingerprint density at radius 1 is 1.44 bits per heavy atom. The molecule has 0 unspecified atom stereocenters. The zero-order chi connectivity index (χ0) is 17.2. The quantitative estimate of drug-likeness (QED) is 0.906. The number of carbonyl (C=O) groups is 1. The van der Waals surface area contributed by atoms with Crippen LogP contribution in [0.2, 0.25) is 0 Å². The summed E-state index contributed by atoms with van der Waals surface area (Å²) in [5, 5.41) is 7.56. The average Bonchev–Trinajstić information content (AvgIpc) is 3.34. The topological polar surface area (TPSA) is 65.4 Å². The van der Waals surface area contributed by atoms with Crippen LogP contribution in [0.4, 0.5) is 0 Å². The number of aromatic amines is 1. The van der Waals surface area contributed by atoms with Crippen molar-refractivity contribution in [2.75, 3.05) is 20.1 Å².